The minimum atomic E-state index is -0.502. The number of amides is 4. The first-order valence-electron chi connectivity index (χ1n) is 5.08. The zero-order valence-electron chi connectivity index (χ0n) is 9.32. The van der Waals surface area contributed by atoms with Gasteiger partial charge in [0.2, 0.25) is 5.91 Å². The lowest BCUT2D eigenvalue weighted by molar-refractivity contribution is -0.124. The summed E-state index contributed by atoms with van der Waals surface area (Å²) in [4.78, 5) is 35.2. The van der Waals surface area contributed by atoms with E-state index < -0.39 is 12.1 Å². The summed E-state index contributed by atoms with van der Waals surface area (Å²) in [5.41, 5.74) is 1.98. The summed E-state index contributed by atoms with van der Waals surface area (Å²) in [6.45, 7) is 3.88. The SMILES string of the molecule is CC(C)C1C(=O)NC(=O)N1CCC(=O)NN. The Kier molecular flexibility index (Phi) is 3.83. The topological polar surface area (TPSA) is 105 Å². The molecule has 1 fully saturated rings. The quantitative estimate of drug-likeness (QED) is 0.247. The summed E-state index contributed by atoms with van der Waals surface area (Å²) in [5, 5.41) is 2.23. The van der Waals surface area contributed by atoms with Gasteiger partial charge in [-0.1, -0.05) is 13.8 Å². The molecular formula is C9H16N4O3. The van der Waals surface area contributed by atoms with Crippen LogP contribution in [0.3, 0.4) is 0 Å². The Morgan fingerprint density at radius 2 is 2.19 bits per heavy atom. The van der Waals surface area contributed by atoms with E-state index in [2.05, 4.69) is 5.32 Å². The van der Waals surface area contributed by atoms with Crippen LogP contribution in [0.4, 0.5) is 4.79 Å². The minimum absolute atomic E-state index is 0.00684. The average Bonchev–Trinajstić information content (AvgIpc) is 2.49. The van der Waals surface area contributed by atoms with Crippen molar-refractivity contribution in [1.29, 1.82) is 0 Å². The van der Waals surface area contributed by atoms with Crippen molar-refractivity contribution < 1.29 is 14.4 Å². The van der Waals surface area contributed by atoms with Gasteiger partial charge >= 0.3 is 6.03 Å². The van der Waals surface area contributed by atoms with E-state index >= 15 is 0 Å². The smallest absolute Gasteiger partial charge is 0.312 e. The summed E-state index contributed by atoms with van der Waals surface area (Å²) in [5.74, 6) is 4.26. The second kappa shape index (κ2) is 4.93. The van der Waals surface area contributed by atoms with Crippen LogP contribution in [-0.2, 0) is 9.59 Å². The van der Waals surface area contributed by atoms with Crippen molar-refractivity contribution in [3.05, 3.63) is 0 Å². The van der Waals surface area contributed by atoms with Crippen LogP contribution in [0.2, 0.25) is 0 Å². The minimum Gasteiger partial charge on any atom is -0.312 e. The van der Waals surface area contributed by atoms with Crippen LogP contribution in [0, 0.1) is 5.92 Å². The van der Waals surface area contributed by atoms with Gasteiger partial charge in [-0.2, -0.15) is 0 Å². The van der Waals surface area contributed by atoms with Crippen LogP contribution in [0.15, 0.2) is 0 Å². The van der Waals surface area contributed by atoms with Crippen molar-refractivity contribution in [1.82, 2.24) is 15.6 Å². The van der Waals surface area contributed by atoms with Gasteiger partial charge in [0.25, 0.3) is 5.91 Å². The first-order chi connectivity index (χ1) is 7.47. The van der Waals surface area contributed by atoms with Crippen LogP contribution in [0.25, 0.3) is 0 Å². The highest BCUT2D eigenvalue weighted by atomic mass is 16.2. The summed E-state index contributed by atoms with van der Waals surface area (Å²) in [7, 11) is 0. The fourth-order valence-corrected chi connectivity index (χ4v) is 1.72. The molecule has 1 atom stereocenters. The second-order valence-electron chi connectivity index (χ2n) is 3.99. The second-order valence-corrected chi connectivity index (χ2v) is 3.99. The number of nitrogens with one attached hydrogen (secondary N) is 2. The maximum atomic E-state index is 11.5. The van der Waals surface area contributed by atoms with E-state index in [1.54, 1.807) is 0 Å². The fourth-order valence-electron chi connectivity index (χ4n) is 1.72. The molecule has 0 bridgehead atoms. The van der Waals surface area contributed by atoms with Gasteiger partial charge in [-0.3, -0.25) is 20.3 Å². The molecular weight excluding hydrogens is 212 g/mol. The Hall–Kier alpha value is -1.63. The number of imide groups is 1. The Labute approximate surface area is 93.3 Å². The van der Waals surface area contributed by atoms with E-state index in [1.807, 2.05) is 19.3 Å². The van der Waals surface area contributed by atoms with Crippen LogP contribution >= 0.6 is 0 Å². The summed E-state index contributed by atoms with van der Waals surface area (Å²) < 4.78 is 0. The number of hydrogen-bond donors (Lipinski definition) is 3. The third-order valence-corrected chi connectivity index (χ3v) is 2.47. The van der Waals surface area contributed by atoms with Crippen LogP contribution < -0.4 is 16.6 Å². The van der Waals surface area contributed by atoms with Crippen molar-refractivity contribution >= 4 is 17.8 Å². The van der Waals surface area contributed by atoms with Crippen molar-refractivity contribution in [3.63, 3.8) is 0 Å². The lowest BCUT2D eigenvalue weighted by Crippen LogP contribution is -2.41. The monoisotopic (exact) mass is 228 g/mol. The van der Waals surface area contributed by atoms with Crippen molar-refractivity contribution in [3.8, 4) is 0 Å². The van der Waals surface area contributed by atoms with E-state index in [9.17, 15) is 14.4 Å². The number of hydrogen-bond acceptors (Lipinski definition) is 4. The maximum Gasteiger partial charge on any atom is 0.324 e. The van der Waals surface area contributed by atoms with Gasteiger partial charge in [-0.25, -0.2) is 10.6 Å². The highest BCUT2D eigenvalue weighted by Crippen LogP contribution is 2.16. The molecule has 4 N–H and O–H groups in total. The fraction of sp³-hybridized carbons (Fsp3) is 0.667. The largest absolute Gasteiger partial charge is 0.324 e. The van der Waals surface area contributed by atoms with E-state index in [4.69, 9.17) is 5.84 Å². The molecule has 0 aromatic rings. The number of nitrogens with zero attached hydrogens (tertiary/aromatic N) is 1. The van der Waals surface area contributed by atoms with E-state index in [1.165, 1.54) is 4.90 Å². The summed E-state index contributed by atoms with van der Waals surface area (Å²) in [6, 6.07) is -0.952. The van der Waals surface area contributed by atoms with Crippen molar-refractivity contribution in [2.75, 3.05) is 6.54 Å². The first-order valence-corrected chi connectivity index (χ1v) is 5.08. The van der Waals surface area contributed by atoms with Crippen LogP contribution in [0.1, 0.15) is 20.3 Å². The van der Waals surface area contributed by atoms with Gasteiger partial charge in [0.1, 0.15) is 6.04 Å². The molecule has 1 rings (SSSR count). The molecule has 7 heteroatoms. The molecule has 1 saturated heterocycles. The number of rotatable bonds is 4. The van der Waals surface area contributed by atoms with E-state index in [-0.39, 0.29) is 30.7 Å². The summed E-state index contributed by atoms with van der Waals surface area (Å²) in [6.07, 6.45) is 0.0837. The van der Waals surface area contributed by atoms with Crippen molar-refractivity contribution in [2.24, 2.45) is 11.8 Å². The van der Waals surface area contributed by atoms with E-state index in [0.29, 0.717) is 0 Å². The Morgan fingerprint density at radius 3 is 2.69 bits per heavy atom. The van der Waals surface area contributed by atoms with Crippen LogP contribution in [-0.4, -0.2) is 35.3 Å². The molecule has 1 unspecified atom stereocenters. The molecule has 0 radical (unpaired) electrons. The first kappa shape index (κ1) is 12.4. The molecule has 0 aromatic carbocycles. The predicted octanol–water partition coefficient (Wildman–Crippen LogP) is -1.06. The standard InChI is InChI=1S/C9H16N4O3/c1-5(2)7-8(15)11-9(16)13(7)4-3-6(14)12-10/h5,7H,3-4,10H2,1-2H3,(H,12,14)(H,11,15,16). The molecule has 1 aliphatic rings. The average molecular weight is 228 g/mol. The molecule has 0 saturated carbocycles. The van der Waals surface area contributed by atoms with Gasteiger partial charge in [0, 0.05) is 13.0 Å². The normalized spacial score (nSPS) is 20.2. The van der Waals surface area contributed by atoms with Gasteiger partial charge in [-0.05, 0) is 5.92 Å². The lowest BCUT2D eigenvalue weighted by Gasteiger charge is -2.23. The van der Waals surface area contributed by atoms with E-state index in [0.717, 1.165) is 0 Å². The molecule has 0 aromatic heterocycles. The zero-order chi connectivity index (χ0) is 12.3. The van der Waals surface area contributed by atoms with Gasteiger partial charge in [-0.15, -0.1) is 0 Å². The number of carbonyl (C=O) groups excluding carboxylic acids is 3. The molecule has 1 aliphatic heterocycles. The molecule has 0 aliphatic carbocycles. The highest BCUT2D eigenvalue weighted by Gasteiger charge is 2.39. The van der Waals surface area contributed by atoms with Crippen LogP contribution in [0.5, 0.6) is 0 Å². The molecule has 0 spiro atoms. The van der Waals surface area contributed by atoms with Gasteiger partial charge in [0.15, 0.2) is 0 Å². The Morgan fingerprint density at radius 1 is 1.56 bits per heavy atom. The predicted molar refractivity (Wildman–Crippen MR) is 55.8 cm³/mol. The Balaban J connectivity index is 2.65. The van der Waals surface area contributed by atoms with Crippen molar-refractivity contribution in [2.45, 2.75) is 26.3 Å². The van der Waals surface area contributed by atoms with Gasteiger partial charge in [0.05, 0.1) is 0 Å². The lowest BCUT2D eigenvalue weighted by atomic mass is 10.0. The third-order valence-electron chi connectivity index (χ3n) is 2.47. The number of carbonyl (C=O) groups is 3. The number of nitrogens with two attached hydrogens (primary N) is 1. The number of urea groups is 1. The Bertz CT molecular complexity index is 316. The molecule has 7 nitrogen and oxygen atoms in total. The highest BCUT2D eigenvalue weighted by molar-refractivity contribution is 6.04. The zero-order valence-corrected chi connectivity index (χ0v) is 9.32. The molecule has 4 amide bonds. The third kappa shape index (κ3) is 2.48. The van der Waals surface area contributed by atoms with Gasteiger partial charge < -0.3 is 4.90 Å². The molecule has 1 heterocycles. The number of hydrazine groups is 1. The molecule has 90 valence electrons. The molecule has 16 heavy (non-hydrogen) atoms. The summed E-state index contributed by atoms with van der Waals surface area (Å²) >= 11 is 0. The maximum absolute atomic E-state index is 11.5.